The lowest BCUT2D eigenvalue weighted by Gasteiger charge is -2.45. The third-order valence-electron chi connectivity index (χ3n) is 7.21. The zero-order chi connectivity index (χ0) is 46.5. The summed E-state index contributed by atoms with van der Waals surface area (Å²) in [5, 5.41) is 0. The van der Waals surface area contributed by atoms with E-state index in [0.717, 1.165) is 43.4 Å². The smallest absolute Gasteiger partial charge is 0.417 e. The molecule has 0 aromatic carbocycles. The van der Waals surface area contributed by atoms with Crippen LogP contribution < -0.4 is 0 Å². The molecule has 0 aliphatic rings. The van der Waals surface area contributed by atoms with Crippen molar-refractivity contribution in [2.24, 2.45) is 0 Å². The molecule has 0 aromatic heterocycles. The highest BCUT2D eigenvalue weighted by molar-refractivity contribution is 6.93. The minimum absolute atomic E-state index is 0.792. The van der Waals surface area contributed by atoms with E-state index in [-0.39, 0.29) is 0 Å². The number of hydrogen-bond acceptors (Lipinski definition) is 10. The quantitative estimate of drug-likeness (QED) is 0.0533. The molecular formula is C35H98O10Si13. The molecule has 0 saturated heterocycles. The van der Waals surface area contributed by atoms with E-state index in [1.165, 1.54) is 0 Å². The third kappa shape index (κ3) is 30.5. The molecule has 23 heteroatoms. The monoisotopic (exact) mass is 1040 g/mol. The summed E-state index contributed by atoms with van der Waals surface area (Å²) in [5.41, 5.74) is 0. The molecule has 0 fully saturated rings. The van der Waals surface area contributed by atoms with E-state index >= 15 is 0 Å². The van der Waals surface area contributed by atoms with Crippen molar-refractivity contribution < 1.29 is 41.2 Å². The number of hydrogen-bond donors (Lipinski definition) is 0. The zero-order valence-corrected chi connectivity index (χ0v) is 56.5. The molecule has 0 aromatic rings. The van der Waals surface area contributed by atoms with Crippen molar-refractivity contribution in [3.63, 3.8) is 0 Å². The van der Waals surface area contributed by atoms with Crippen molar-refractivity contribution in [2.75, 3.05) is 0 Å². The normalized spacial score (nSPS) is 15.7. The van der Waals surface area contributed by atoms with E-state index in [1.807, 2.05) is 0 Å². The van der Waals surface area contributed by atoms with Crippen LogP contribution >= 0.6 is 0 Å². The van der Waals surface area contributed by atoms with E-state index in [1.54, 1.807) is 0 Å². The molecule has 0 amide bonds. The maximum atomic E-state index is 7.45. The highest BCUT2D eigenvalue weighted by Crippen LogP contribution is 2.37. The van der Waals surface area contributed by atoms with E-state index in [2.05, 4.69) is 183 Å². The van der Waals surface area contributed by atoms with Crippen LogP contribution in [0.5, 0.6) is 0 Å². The van der Waals surface area contributed by atoms with E-state index < -0.39 is 110 Å². The molecule has 0 spiro atoms. The average molecular weight is 1040 g/mol. The van der Waals surface area contributed by atoms with Crippen LogP contribution in [-0.2, 0) is 41.2 Å². The Kier molecular flexibility index (Phi) is 22.3. The number of unbranched alkanes of at least 4 members (excludes halogenated alkanes) is 1. The molecule has 58 heavy (non-hydrogen) atoms. The van der Waals surface area contributed by atoms with Crippen LogP contribution in [0.3, 0.4) is 0 Å². The summed E-state index contributed by atoms with van der Waals surface area (Å²) in [6.45, 7) is 63.3. The summed E-state index contributed by atoms with van der Waals surface area (Å²) in [6, 6.07) is 3.49. The Morgan fingerprint density at radius 3 is 0.621 bits per heavy atom. The van der Waals surface area contributed by atoms with Gasteiger partial charge in [-0.2, -0.15) is 0 Å². The molecule has 10 nitrogen and oxygen atoms in total. The summed E-state index contributed by atoms with van der Waals surface area (Å²) in [7, 11) is -30.5. The second-order valence-electron chi connectivity index (χ2n) is 25.4. The Hall–Kier alpha value is 2.42. The fraction of sp³-hybridized carbons (Fsp3) is 1.00. The van der Waals surface area contributed by atoms with Gasteiger partial charge >= 0.3 is 26.7 Å². The van der Waals surface area contributed by atoms with Gasteiger partial charge in [0.15, 0.2) is 83.2 Å². The van der Waals surface area contributed by atoms with Gasteiger partial charge in [0, 0.05) is 12.1 Å². The molecule has 350 valence electrons. The minimum atomic E-state index is -3.60. The van der Waals surface area contributed by atoms with Crippen molar-refractivity contribution in [1.82, 2.24) is 0 Å². The van der Waals surface area contributed by atoms with Crippen molar-refractivity contribution in [3.8, 4) is 0 Å². The first-order valence-corrected chi connectivity index (χ1v) is 61.0. The van der Waals surface area contributed by atoms with Crippen LogP contribution in [0.15, 0.2) is 0 Å². The molecule has 0 radical (unpaired) electrons. The molecule has 0 heterocycles. The second-order valence-corrected chi connectivity index (χ2v) is 80.1. The third-order valence-corrected chi connectivity index (χ3v) is 47.7. The molecule has 0 saturated carbocycles. The average Bonchev–Trinajstić information content (AvgIpc) is 2.76. The lowest BCUT2D eigenvalue weighted by atomic mass is 10.4. The lowest BCUT2D eigenvalue weighted by Crippen LogP contribution is -2.66. The van der Waals surface area contributed by atoms with E-state index in [9.17, 15) is 0 Å². The summed E-state index contributed by atoms with van der Waals surface area (Å²) in [5.74, 6) is 0. The predicted octanol–water partition coefficient (Wildman–Crippen LogP) is 13.7. The minimum Gasteiger partial charge on any atom is -0.417 e. The standard InChI is InChI=1S/C35H98O10Si13/c1-46(2,3)36-56(37-47(4,5)6,38-48(7,8)9)34-30-29-32-54(25,26)44-58(42-52(19,20)21,43-53(22,23)24)45-55(27,28)33-31-35-57(39-49(10,11)12,40-50(13,14)15)41-51(16,17)18/h29-35H2,1-28H3. The van der Waals surface area contributed by atoms with Crippen molar-refractivity contribution in [2.45, 2.75) is 227 Å². The van der Waals surface area contributed by atoms with Crippen molar-refractivity contribution >= 4 is 110 Å². The van der Waals surface area contributed by atoms with Gasteiger partial charge in [-0.3, -0.25) is 0 Å². The fourth-order valence-corrected chi connectivity index (χ4v) is 53.9. The van der Waals surface area contributed by atoms with Crippen LogP contribution in [-0.4, -0.2) is 110 Å². The Bertz CT molecular complexity index is 1140. The molecule has 0 atom stereocenters. The second kappa shape index (κ2) is 21.4. The first-order chi connectivity index (χ1) is 25.0. The molecule has 0 bridgehead atoms. The molecule has 0 rings (SSSR count). The maximum Gasteiger partial charge on any atom is 0.636 e. The molecule has 0 aliphatic heterocycles. The predicted molar refractivity (Wildman–Crippen MR) is 283 cm³/mol. The van der Waals surface area contributed by atoms with Crippen molar-refractivity contribution in [3.05, 3.63) is 0 Å². The van der Waals surface area contributed by atoms with Gasteiger partial charge in [0.2, 0.25) is 0 Å². The lowest BCUT2D eigenvalue weighted by molar-refractivity contribution is 0.147. The van der Waals surface area contributed by atoms with Crippen LogP contribution in [0, 0.1) is 0 Å². The van der Waals surface area contributed by atoms with Gasteiger partial charge in [0.1, 0.15) is 0 Å². The Balaban J connectivity index is 6.71. The first kappa shape index (κ1) is 60.4. The van der Waals surface area contributed by atoms with Crippen LogP contribution in [0.2, 0.25) is 207 Å². The van der Waals surface area contributed by atoms with Gasteiger partial charge in [-0.1, -0.05) is 6.42 Å². The molecule has 0 aliphatic carbocycles. The number of rotatable bonds is 29. The van der Waals surface area contributed by atoms with Gasteiger partial charge in [-0.15, -0.1) is 0 Å². The van der Waals surface area contributed by atoms with Gasteiger partial charge in [-0.05, 0) is 208 Å². The Morgan fingerprint density at radius 2 is 0.397 bits per heavy atom. The summed E-state index contributed by atoms with van der Waals surface area (Å²) >= 11 is 0. The van der Waals surface area contributed by atoms with E-state index in [0.29, 0.717) is 0 Å². The largest absolute Gasteiger partial charge is 0.636 e. The summed E-state index contributed by atoms with van der Waals surface area (Å²) in [4.78, 5) is 0. The highest BCUT2D eigenvalue weighted by Gasteiger charge is 2.58. The summed E-state index contributed by atoms with van der Waals surface area (Å²) in [6.07, 6.45) is 2.87. The zero-order valence-electron chi connectivity index (χ0n) is 43.5. The Labute approximate surface area is 375 Å². The van der Waals surface area contributed by atoms with Crippen LogP contribution in [0.4, 0.5) is 0 Å². The maximum absolute atomic E-state index is 7.45. The fourth-order valence-electron chi connectivity index (χ4n) is 6.51. The van der Waals surface area contributed by atoms with Gasteiger partial charge in [-0.25, -0.2) is 0 Å². The molecular weight excluding hydrogens is 945 g/mol. The van der Waals surface area contributed by atoms with Gasteiger partial charge < -0.3 is 41.2 Å². The Morgan fingerprint density at radius 1 is 0.207 bits per heavy atom. The van der Waals surface area contributed by atoms with E-state index in [4.69, 9.17) is 41.2 Å². The van der Waals surface area contributed by atoms with Crippen LogP contribution in [0.25, 0.3) is 0 Å². The molecule has 0 unspecified atom stereocenters. The van der Waals surface area contributed by atoms with Crippen molar-refractivity contribution in [1.29, 1.82) is 0 Å². The summed E-state index contributed by atoms with van der Waals surface area (Å²) < 4.78 is 71.4. The van der Waals surface area contributed by atoms with Gasteiger partial charge in [0.05, 0.1) is 0 Å². The highest BCUT2D eigenvalue weighted by atomic mass is 28.5. The topological polar surface area (TPSA) is 92.3 Å². The van der Waals surface area contributed by atoms with Gasteiger partial charge in [0.25, 0.3) is 0 Å². The first-order valence-electron chi connectivity index (χ1n) is 22.0. The molecule has 0 N–H and O–H groups in total. The SMILES string of the molecule is C[Si](C)(C)O[Si](CCCC[Si](C)(C)O[Si](O[Si](C)(C)C)(O[Si](C)(C)C)O[Si](C)(C)CCC[Si](O[Si](C)(C)C)(O[Si](C)(C)C)O[Si](C)(C)C)(O[Si](C)(C)C)O[Si](C)(C)C. The van der Waals surface area contributed by atoms with Crippen LogP contribution in [0.1, 0.15) is 19.3 Å².